The fourth-order valence-electron chi connectivity index (χ4n) is 2.94. The molecule has 0 atom stereocenters. The summed E-state index contributed by atoms with van der Waals surface area (Å²) in [6, 6.07) is 24.9. The molecule has 0 radical (unpaired) electrons. The molecule has 25 heavy (non-hydrogen) atoms. The molecule has 0 aliphatic carbocycles. The lowest BCUT2D eigenvalue weighted by Crippen LogP contribution is -2.29. The zero-order valence-electron chi connectivity index (χ0n) is 13.4. The topological polar surface area (TPSA) is 32.7 Å². The Hall–Kier alpha value is -2.91. The number of carbonyl (C=O) groups is 1. The van der Waals surface area contributed by atoms with E-state index in [1.54, 1.807) is 17.0 Å². The molecule has 4 heteroatoms. The molecule has 0 saturated carbocycles. The van der Waals surface area contributed by atoms with Crippen molar-refractivity contribution in [3.05, 3.63) is 95.0 Å². The number of rotatable bonds is 3. The first-order valence-electron chi connectivity index (χ1n) is 8.02. The van der Waals surface area contributed by atoms with E-state index in [0.717, 1.165) is 16.8 Å². The third kappa shape index (κ3) is 3.06. The summed E-state index contributed by atoms with van der Waals surface area (Å²) in [4.78, 5) is 19.4. The minimum Gasteiger partial charge on any atom is -0.302 e. The Morgan fingerprint density at radius 1 is 0.840 bits per heavy atom. The van der Waals surface area contributed by atoms with Crippen LogP contribution in [0.2, 0.25) is 5.02 Å². The zero-order valence-corrected chi connectivity index (χ0v) is 14.1. The van der Waals surface area contributed by atoms with Crippen LogP contribution in [0.1, 0.15) is 11.1 Å². The Kier molecular flexibility index (Phi) is 4.08. The number of fused-ring (bicyclic) bond motifs is 1. The van der Waals surface area contributed by atoms with Gasteiger partial charge in [0.15, 0.2) is 0 Å². The van der Waals surface area contributed by atoms with E-state index in [9.17, 15) is 4.79 Å². The van der Waals surface area contributed by atoms with Gasteiger partial charge in [-0.15, -0.1) is 0 Å². The van der Waals surface area contributed by atoms with Crippen LogP contribution in [0.25, 0.3) is 0 Å². The van der Waals surface area contributed by atoms with Gasteiger partial charge in [-0.25, -0.2) is 4.99 Å². The van der Waals surface area contributed by atoms with E-state index in [1.165, 1.54) is 0 Å². The molecule has 122 valence electrons. The smallest absolute Gasteiger partial charge is 0.277 e. The molecular formula is C21H15ClN2O. The molecule has 1 aliphatic heterocycles. The van der Waals surface area contributed by atoms with Crippen molar-refractivity contribution < 1.29 is 4.79 Å². The second kappa shape index (κ2) is 6.54. The molecule has 0 saturated heterocycles. The van der Waals surface area contributed by atoms with Crippen molar-refractivity contribution in [3.8, 4) is 0 Å². The number of carbonyl (C=O) groups excluding carboxylic acids is 1. The molecule has 3 nitrogen and oxygen atoms in total. The van der Waals surface area contributed by atoms with E-state index in [2.05, 4.69) is 4.99 Å². The second-order valence-electron chi connectivity index (χ2n) is 5.83. The summed E-state index contributed by atoms with van der Waals surface area (Å²) in [6.07, 6.45) is 0. The average molecular weight is 347 g/mol. The van der Waals surface area contributed by atoms with Gasteiger partial charge in [-0.3, -0.25) is 4.79 Å². The fraction of sp³-hybridized carbons (Fsp3) is 0.0476. The Morgan fingerprint density at radius 3 is 2.28 bits per heavy atom. The summed E-state index contributed by atoms with van der Waals surface area (Å²) in [6.45, 7) is 0.524. The number of para-hydroxylation sites is 1. The van der Waals surface area contributed by atoms with Crippen LogP contribution in [0.3, 0.4) is 0 Å². The highest BCUT2D eigenvalue weighted by molar-refractivity contribution is 6.54. The van der Waals surface area contributed by atoms with Crippen LogP contribution in [-0.4, -0.2) is 11.6 Å². The summed E-state index contributed by atoms with van der Waals surface area (Å²) in [7, 11) is 0. The highest BCUT2D eigenvalue weighted by Crippen LogP contribution is 2.32. The normalized spacial score (nSPS) is 14.8. The van der Waals surface area contributed by atoms with Gasteiger partial charge in [-0.2, -0.15) is 0 Å². The monoisotopic (exact) mass is 346 g/mol. The third-order valence-electron chi connectivity index (χ3n) is 4.15. The highest BCUT2D eigenvalue weighted by Gasteiger charge is 2.33. The Bertz CT molecular complexity index is 949. The van der Waals surface area contributed by atoms with Crippen molar-refractivity contribution in [2.24, 2.45) is 4.99 Å². The number of amides is 1. The van der Waals surface area contributed by atoms with E-state index in [0.29, 0.717) is 23.0 Å². The second-order valence-corrected chi connectivity index (χ2v) is 6.27. The minimum absolute atomic E-state index is 0.0833. The Morgan fingerprint density at radius 2 is 1.52 bits per heavy atom. The minimum atomic E-state index is -0.0833. The van der Waals surface area contributed by atoms with Crippen LogP contribution in [0.5, 0.6) is 0 Å². The SMILES string of the molecule is O=C1C(=Nc2ccc(Cl)cc2)c2ccccc2N1Cc1ccccc1. The van der Waals surface area contributed by atoms with Crippen molar-refractivity contribution in [2.75, 3.05) is 4.90 Å². The van der Waals surface area contributed by atoms with Crippen LogP contribution >= 0.6 is 11.6 Å². The standard InChI is InChI=1S/C21H15ClN2O/c22-16-10-12-17(13-11-16)23-20-18-8-4-5-9-19(18)24(21(20)25)14-15-6-2-1-3-7-15/h1-13H,14H2. The van der Waals surface area contributed by atoms with Crippen LogP contribution in [0, 0.1) is 0 Å². The fourth-order valence-corrected chi connectivity index (χ4v) is 3.06. The predicted molar refractivity (Wildman–Crippen MR) is 102 cm³/mol. The summed E-state index contributed by atoms with van der Waals surface area (Å²) in [5, 5.41) is 0.646. The van der Waals surface area contributed by atoms with Crippen molar-refractivity contribution in [3.63, 3.8) is 0 Å². The van der Waals surface area contributed by atoms with Gasteiger partial charge in [0, 0.05) is 10.6 Å². The van der Waals surface area contributed by atoms with Gasteiger partial charge < -0.3 is 4.90 Å². The first-order valence-corrected chi connectivity index (χ1v) is 8.39. The molecule has 0 fully saturated rings. The maximum atomic E-state index is 13.0. The number of hydrogen-bond acceptors (Lipinski definition) is 2. The molecule has 4 rings (SSSR count). The maximum Gasteiger partial charge on any atom is 0.277 e. The number of anilines is 1. The molecule has 0 unspecified atom stereocenters. The lowest BCUT2D eigenvalue weighted by Gasteiger charge is -2.16. The molecule has 1 heterocycles. The highest BCUT2D eigenvalue weighted by atomic mass is 35.5. The van der Waals surface area contributed by atoms with E-state index in [4.69, 9.17) is 11.6 Å². The zero-order chi connectivity index (χ0) is 17.2. The average Bonchev–Trinajstić information content (AvgIpc) is 2.90. The van der Waals surface area contributed by atoms with E-state index < -0.39 is 0 Å². The Labute approximate surface area is 151 Å². The van der Waals surface area contributed by atoms with Gasteiger partial charge in [0.2, 0.25) is 0 Å². The summed E-state index contributed by atoms with van der Waals surface area (Å²) >= 11 is 5.93. The third-order valence-corrected chi connectivity index (χ3v) is 4.40. The molecular weight excluding hydrogens is 332 g/mol. The summed E-state index contributed by atoms with van der Waals surface area (Å²) in [5.41, 5.74) is 4.01. The van der Waals surface area contributed by atoms with Gasteiger partial charge >= 0.3 is 0 Å². The lowest BCUT2D eigenvalue weighted by atomic mass is 10.1. The molecule has 1 aliphatic rings. The first-order chi connectivity index (χ1) is 12.2. The molecule has 1 amide bonds. The first kappa shape index (κ1) is 15.6. The van der Waals surface area contributed by atoms with Gasteiger partial charge in [0.05, 0.1) is 17.9 Å². The molecule has 3 aromatic rings. The van der Waals surface area contributed by atoms with Crippen molar-refractivity contribution in [1.29, 1.82) is 0 Å². The van der Waals surface area contributed by atoms with Gasteiger partial charge in [-0.1, -0.05) is 60.1 Å². The Balaban J connectivity index is 1.74. The lowest BCUT2D eigenvalue weighted by molar-refractivity contribution is -0.112. The van der Waals surface area contributed by atoms with Gasteiger partial charge in [0.25, 0.3) is 5.91 Å². The number of hydrogen-bond donors (Lipinski definition) is 0. The van der Waals surface area contributed by atoms with Crippen LogP contribution < -0.4 is 4.90 Å². The molecule has 0 aromatic heterocycles. The van der Waals surface area contributed by atoms with Crippen molar-refractivity contribution in [1.82, 2.24) is 0 Å². The van der Waals surface area contributed by atoms with Gasteiger partial charge in [0.1, 0.15) is 5.71 Å². The number of nitrogens with zero attached hydrogens (tertiary/aromatic N) is 2. The summed E-state index contributed by atoms with van der Waals surface area (Å²) in [5.74, 6) is -0.0833. The molecule has 3 aromatic carbocycles. The van der Waals surface area contributed by atoms with Crippen LogP contribution in [0.4, 0.5) is 11.4 Å². The molecule has 0 bridgehead atoms. The quantitative estimate of drug-likeness (QED) is 0.656. The number of halogens is 1. The number of benzene rings is 3. The van der Waals surface area contributed by atoms with E-state index in [-0.39, 0.29) is 5.91 Å². The van der Waals surface area contributed by atoms with Crippen LogP contribution in [0.15, 0.2) is 83.9 Å². The van der Waals surface area contributed by atoms with E-state index >= 15 is 0 Å². The van der Waals surface area contributed by atoms with E-state index in [1.807, 2.05) is 66.7 Å². The number of aliphatic imine (C=N–C) groups is 1. The van der Waals surface area contributed by atoms with Crippen molar-refractivity contribution >= 4 is 34.6 Å². The largest absolute Gasteiger partial charge is 0.302 e. The summed E-state index contributed by atoms with van der Waals surface area (Å²) < 4.78 is 0. The van der Waals surface area contributed by atoms with Crippen LogP contribution in [-0.2, 0) is 11.3 Å². The van der Waals surface area contributed by atoms with Gasteiger partial charge in [-0.05, 0) is 35.9 Å². The molecule has 0 spiro atoms. The van der Waals surface area contributed by atoms with Crippen molar-refractivity contribution in [2.45, 2.75) is 6.54 Å². The predicted octanol–water partition coefficient (Wildman–Crippen LogP) is 5.01. The molecule has 0 N–H and O–H groups in total. The maximum absolute atomic E-state index is 13.0.